The van der Waals surface area contributed by atoms with Gasteiger partial charge in [-0.3, -0.25) is 0 Å². The van der Waals surface area contributed by atoms with Gasteiger partial charge in [0.15, 0.2) is 0 Å². The molecule has 0 spiro atoms. The van der Waals surface area contributed by atoms with Gasteiger partial charge in [-0.05, 0) is 13.3 Å². The van der Waals surface area contributed by atoms with Crippen LogP contribution in [0.4, 0.5) is 0 Å². The van der Waals surface area contributed by atoms with Crippen molar-refractivity contribution in [2.45, 2.75) is 90.9 Å². The number of hydrogen-bond donors (Lipinski definition) is 2. The SMILES string of the molecule is C=C(C)C(=O)OCCCCCCCCCCCCCC.O=C(O)/C=C/C(=O)O. The Morgan fingerprint density at radius 2 is 1.11 bits per heavy atom. The van der Waals surface area contributed by atoms with Crippen LogP contribution in [-0.4, -0.2) is 34.7 Å². The molecule has 0 unspecified atom stereocenters. The lowest BCUT2D eigenvalue weighted by Crippen LogP contribution is -2.05. The summed E-state index contributed by atoms with van der Waals surface area (Å²) in [6.45, 7) is 8.05. The third-order valence-corrected chi connectivity index (χ3v) is 3.95. The van der Waals surface area contributed by atoms with Gasteiger partial charge in [0.1, 0.15) is 0 Å². The van der Waals surface area contributed by atoms with E-state index in [1.807, 2.05) is 0 Å². The van der Waals surface area contributed by atoms with Crippen LogP contribution in [-0.2, 0) is 19.1 Å². The van der Waals surface area contributed by atoms with E-state index in [-0.39, 0.29) is 5.97 Å². The van der Waals surface area contributed by atoms with Gasteiger partial charge in [0.05, 0.1) is 6.61 Å². The molecule has 0 aliphatic heterocycles. The first-order chi connectivity index (χ1) is 13.3. The number of esters is 1. The van der Waals surface area contributed by atoms with E-state index in [0.717, 1.165) is 6.42 Å². The molecule has 0 aliphatic rings. The van der Waals surface area contributed by atoms with Crippen LogP contribution < -0.4 is 0 Å². The lowest BCUT2D eigenvalue weighted by molar-refractivity contribution is -0.139. The lowest BCUT2D eigenvalue weighted by Gasteiger charge is -2.04. The number of ether oxygens (including phenoxy) is 1. The molecule has 6 heteroatoms. The average molecular weight is 399 g/mol. The fourth-order valence-electron chi connectivity index (χ4n) is 2.37. The molecule has 0 heterocycles. The maximum Gasteiger partial charge on any atom is 0.333 e. The summed E-state index contributed by atoms with van der Waals surface area (Å²) in [7, 11) is 0. The first-order valence-electron chi connectivity index (χ1n) is 10.3. The maximum absolute atomic E-state index is 11.1. The molecule has 2 N–H and O–H groups in total. The molecule has 0 radical (unpaired) electrons. The zero-order valence-electron chi connectivity index (χ0n) is 17.6. The molecule has 0 bridgehead atoms. The van der Waals surface area contributed by atoms with Crippen LogP contribution >= 0.6 is 0 Å². The zero-order chi connectivity index (χ0) is 21.6. The fraction of sp³-hybridized carbons (Fsp3) is 0.682. The minimum Gasteiger partial charge on any atom is -0.478 e. The van der Waals surface area contributed by atoms with E-state index in [2.05, 4.69) is 13.5 Å². The van der Waals surface area contributed by atoms with Crippen LogP contribution in [0, 0.1) is 0 Å². The van der Waals surface area contributed by atoms with E-state index >= 15 is 0 Å². The second kappa shape index (κ2) is 21.2. The van der Waals surface area contributed by atoms with Crippen molar-refractivity contribution in [3.63, 3.8) is 0 Å². The molecule has 0 saturated carbocycles. The molecule has 0 rings (SSSR count). The van der Waals surface area contributed by atoms with Crippen LogP contribution in [0.25, 0.3) is 0 Å². The molecule has 0 aromatic rings. The van der Waals surface area contributed by atoms with E-state index in [4.69, 9.17) is 14.9 Å². The first kappa shape index (κ1) is 28.1. The van der Waals surface area contributed by atoms with E-state index in [0.29, 0.717) is 24.3 Å². The van der Waals surface area contributed by atoms with Gasteiger partial charge in [0.2, 0.25) is 0 Å². The van der Waals surface area contributed by atoms with Crippen LogP contribution in [0.2, 0.25) is 0 Å². The van der Waals surface area contributed by atoms with Crippen molar-refractivity contribution in [1.29, 1.82) is 0 Å². The van der Waals surface area contributed by atoms with E-state index in [1.54, 1.807) is 6.92 Å². The number of carbonyl (C=O) groups is 3. The van der Waals surface area contributed by atoms with Crippen LogP contribution in [0.15, 0.2) is 24.3 Å². The molecule has 0 atom stereocenters. The van der Waals surface area contributed by atoms with Crippen LogP contribution in [0.3, 0.4) is 0 Å². The molecular weight excluding hydrogens is 360 g/mol. The van der Waals surface area contributed by atoms with Gasteiger partial charge < -0.3 is 14.9 Å². The smallest absolute Gasteiger partial charge is 0.333 e. The molecule has 6 nitrogen and oxygen atoms in total. The summed E-state index contributed by atoms with van der Waals surface area (Å²) in [4.78, 5) is 30.2. The summed E-state index contributed by atoms with van der Waals surface area (Å²) in [5, 5.41) is 15.6. The highest BCUT2D eigenvalue weighted by atomic mass is 16.5. The lowest BCUT2D eigenvalue weighted by atomic mass is 10.1. The van der Waals surface area contributed by atoms with Gasteiger partial charge in [-0.15, -0.1) is 0 Å². The highest BCUT2D eigenvalue weighted by Crippen LogP contribution is 2.12. The molecule has 0 saturated heterocycles. The van der Waals surface area contributed by atoms with Crippen LogP contribution in [0.5, 0.6) is 0 Å². The molecular formula is C22H38O6. The number of carbonyl (C=O) groups excluding carboxylic acids is 1. The van der Waals surface area contributed by atoms with E-state index in [9.17, 15) is 14.4 Å². The predicted octanol–water partition coefficient (Wildman–Crippen LogP) is 5.52. The minimum absolute atomic E-state index is 0.256. The maximum atomic E-state index is 11.1. The van der Waals surface area contributed by atoms with Crippen molar-refractivity contribution < 1.29 is 29.3 Å². The third kappa shape index (κ3) is 26.1. The number of aliphatic carboxylic acids is 2. The summed E-state index contributed by atoms with van der Waals surface area (Å²) in [6.07, 6.45) is 17.0. The summed E-state index contributed by atoms with van der Waals surface area (Å²) in [5.41, 5.74) is 0.490. The molecule has 0 aromatic carbocycles. The van der Waals surface area contributed by atoms with Gasteiger partial charge >= 0.3 is 17.9 Å². The predicted molar refractivity (Wildman–Crippen MR) is 111 cm³/mol. The summed E-state index contributed by atoms with van der Waals surface area (Å²) in [5.74, 6) is -2.77. The quantitative estimate of drug-likeness (QED) is 0.202. The van der Waals surface area contributed by atoms with Gasteiger partial charge in [0, 0.05) is 17.7 Å². The van der Waals surface area contributed by atoms with E-state index in [1.165, 1.54) is 70.6 Å². The molecule has 0 fully saturated rings. The fourth-order valence-corrected chi connectivity index (χ4v) is 2.37. The first-order valence-corrected chi connectivity index (χ1v) is 10.3. The molecule has 28 heavy (non-hydrogen) atoms. The topological polar surface area (TPSA) is 101 Å². The number of rotatable bonds is 16. The van der Waals surface area contributed by atoms with Crippen molar-refractivity contribution in [2.24, 2.45) is 0 Å². The van der Waals surface area contributed by atoms with Crippen molar-refractivity contribution in [3.8, 4) is 0 Å². The second-order valence-electron chi connectivity index (χ2n) is 6.82. The Hall–Kier alpha value is -2.11. The molecule has 0 amide bonds. The average Bonchev–Trinajstić information content (AvgIpc) is 2.64. The molecule has 0 aliphatic carbocycles. The normalized spacial score (nSPS) is 10.2. The minimum atomic E-state index is -1.26. The van der Waals surface area contributed by atoms with Crippen molar-refractivity contribution in [3.05, 3.63) is 24.3 Å². The Morgan fingerprint density at radius 1 is 0.750 bits per heavy atom. The van der Waals surface area contributed by atoms with Gasteiger partial charge in [0.25, 0.3) is 0 Å². The Bertz CT molecular complexity index is 452. The third-order valence-electron chi connectivity index (χ3n) is 3.95. The zero-order valence-corrected chi connectivity index (χ0v) is 17.6. The highest BCUT2D eigenvalue weighted by molar-refractivity contribution is 5.89. The molecule has 162 valence electrons. The number of carboxylic acids is 2. The Labute approximate surface area is 169 Å². The van der Waals surface area contributed by atoms with Gasteiger partial charge in [-0.1, -0.05) is 84.1 Å². The summed E-state index contributed by atoms with van der Waals surface area (Å²) >= 11 is 0. The highest BCUT2D eigenvalue weighted by Gasteiger charge is 2.01. The Balaban J connectivity index is 0. The largest absolute Gasteiger partial charge is 0.478 e. The van der Waals surface area contributed by atoms with Crippen LogP contribution in [0.1, 0.15) is 90.9 Å². The van der Waals surface area contributed by atoms with Crippen molar-refractivity contribution in [1.82, 2.24) is 0 Å². The van der Waals surface area contributed by atoms with E-state index < -0.39 is 11.9 Å². The monoisotopic (exact) mass is 398 g/mol. The van der Waals surface area contributed by atoms with Crippen molar-refractivity contribution >= 4 is 17.9 Å². The van der Waals surface area contributed by atoms with Gasteiger partial charge in [-0.2, -0.15) is 0 Å². The molecule has 0 aromatic heterocycles. The number of unbranched alkanes of at least 4 members (excludes halogenated alkanes) is 11. The number of hydrogen-bond acceptors (Lipinski definition) is 4. The Kier molecular flexibility index (Phi) is 21.3. The summed E-state index contributed by atoms with van der Waals surface area (Å²) < 4.78 is 5.06. The Morgan fingerprint density at radius 3 is 1.43 bits per heavy atom. The van der Waals surface area contributed by atoms with Crippen molar-refractivity contribution in [2.75, 3.05) is 6.61 Å². The van der Waals surface area contributed by atoms with Gasteiger partial charge in [-0.25, -0.2) is 14.4 Å². The summed E-state index contributed by atoms with van der Waals surface area (Å²) in [6, 6.07) is 0. The standard InChI is InChI=1S/C18H34O2.C4H4O4/c1-4-5-6-7-8-9-10-11-12-13-14-15-16-20-18(19)17(2)3;5-3(6)1-2-4(7)8/h2,4-16H2,1,3H3;1-2H,(H,5,6)(H,7,8)/b;2-1+. The number of carboxylic acid groups (broad SMARTS) is 2. The second-order valence-corrected chi connectivity index (χ2v) is 6.82.